The molecular formula is C27H43ClN4O5. The maximum absolute atomic E-state index is 13.1. The largest absolute Gasteiger partial charge is 0.453 e. The van der Waals surface area contributed by atoms with Crippen LogP contribution in [0.3, 0.4) is 0 Å². The highest BCUT2D eigenvalue weighted by atomic mass is 35.5. The van der Waals surface area contributed by atoms with E-state index in [0.717, 1.165) is 56.4 Å². The summed E-state index contributed by atoms with van der Waals surface area (Å²) >= 11 is 6.33. The molecule has 0 aromatic heterocycles. The van der Waals surface area contributed by atoms with E-state index < -0.39 is 6.09 Å². The van der Waals surface area contributed by atoms with Gasteiger partial charge in [-0.25, -0.2) is 9.59 Å². The van der Waals surface area contributed by atoms with Gasteiger partial charge in [-0.05, 0) is 68.2 Å². The van der Waals surface area contributed by atoms with E-state index in [1.165, 1.54) is 13.5 Å². The zero-order valence-electron chi connectivity index (χ0n) is 22.2. The number of ether oxygens (including phenoxy) is 3. The van der Waals surface area contributed by atoms with Gasteiger partial charge in [0.25, 0.3) is 0 Å². The number of carbonyl (C=O) groups excluding carboxylic acids is 2. The molecule has 1 aromatic carbocycles. The molecule has 2 aliphatic heterocycles. The summed E-state index contributed by atoms with van der Waals surface area (Å²) in [6.45, 7) is 5.97. The van der Waals surface area contributed by atoms with Gasteiger partial charge < -0.3 is 35.5 Å². The second-order valence-corrected chi connectivity index (χ2v) is 10.6. The predicted molar refractivity (Wildman–Crippen MR) is 144 cm³/mol. The number of alkyl carbamates (subject to hydrolysis) is 1. The Hall–Kier alpha value is -2.07. The average molecular weight is 539 g/mol. The molecule has 4 atom stereocenters. The first kappa shape index (κ1) is 29.5. The number of likely N-dealkylation sites (tertiary alicyclic amines) is 1. The summed E-state index contributed by atoms with van der Waals surface area (Å²) in [4.78, 5) is 26.3. The Kier molecular flexibility index (Phi) is 12.2. The van der Waals surface area contributed by atoms with Gasteiger partial charge in [0.15, 0.2) is 0 Å². The quantitative estimate of drug-likeness (QED) is 0.388. The number of nitrogens with two attached hydrogens (primary N) is 1. The molecule has 9 nitrogen and oxygen atoms in total. The summed E-state index contributed by atoms with van der Waals surface area (Å²) in [6, 6.07) is 5.59. The van der Waals surface area contributed by atoms with Crippen LogP contribution in [0.4, 0.5) is 9.59 Å². The van der Waals surface area contributed by atoms with E-state index in [2.05, 4.69) is 15.4 Å². The predicted octanol–water partition coefficient (Wildman–Crippen LogP) is 4.02. The summed E-state index contributed by atoms with van der Waals surface area (Å²) in [7, 11) is 1.33. The molecule has 2 aliphatic rings. The van der Waals surface area contributed by atoms with Crippen LogP contribution in [-0.4, -0.2) is 76.2 Å². The Balaban J connectivity index is 1.57. The van der Waals surface area contributed by atoms with Crippen molar-refractivity contribution in [3.8, 4) is 0 Å². The Morgan fingerprint density at radius 2 is 2.08 bits per heavy atom. The van der Waals surface area contributed by atoms with Crippen LogP contribution in [0.5, 0.6) is 0 Å². The number of carbonyl (C=O) groups is 2. The molecule has 0 spiro atoms. The minimum absolute atomic E-state index is 0.0894. The fourth-order valence-electron chi connectivity index (χ4n) is 5.25. The van der Waals surface area contributed by atoms with Crippen LogP contribution < -0.4 is 16.4 Å². The van der Waals surface area contributed by atoms with Gasteiger partial charge in [0.05, 0.1) is 19.8 Å². The molecule has 2 fully saturated rings. The molecule has 2 saturated heterocycles. The van der Waals surface area contributed by atoms with Crippen LogP contribution in [0, 0.1) is 18.8 Å². The number of aryl methyl sites for hydroxylation is 1. The highest BCUT2D eigenvalue weighted by Crippen LogP contribution is 2.35. The number of urea groups is 1. The van der Waals surface area contributed by atoms with Crippen molar-refractivity contribution >= 4 is 23.7 Å². The molecule has 2 heterocycles. The van der Waals surface area contributed by atoms with Crippen molar-refractivity contribution in [3.63, 3.8) is 0 Å². The molecule has 208 valence electrons. The summed E-state index contributed by atoms with van der Waals surface area (Å²) < 4.78 is 16.6. The van der Waals surface area contributed by atoms with Gasteiger partial charge in [-0.15, -0.1) is 0 Å². The number of hydrogen-bond acceptors (Lipinski definition) is 6. The monoisotopic (exact) mass is 538 g/mol. The third kappa shape index (κ3) is 9.63. The van der Waals surface area contributed by atoms with E-state index in [1.54, 1.807) is 0 Å². The van der Waals surface area contributed by atoms with E-state index in [9.17, 15) is 9.59 Å². The first-order chi connectivity index (χ1) is 17.9. The number of nitrogens with zero attached hydrogens (tertiary/aromatic N) is 1. The highest BCUT2D eigenvalue weighted by molar-refractivity contribution is 6.30. The van der Waals surface area contributed by atoms with Crippen LogP contribution >= 0.6 is 11.6 Å². The van der Waals surface area contributed by atoms with Crippen LogP contribution in [0.15, 0.2) is 18.2 Å². The van der Waals surface area contributed by atoms with E-state index in [1.807, 2.05) is 30.0 Å². The Morgan fingerprint density at radius 1 is 1.24 bits per heavy atom. The minimum atomic E-state index is -0.496. The Morgan fingerprint density at radius 3 is 2.89 bits per heavy atom. The average Bonchev–Trinajstić information content (AvgIpc) is 3.17. The van der Waals surface area contributed by atoms with Crippen molar-refractivity contribution in [2.24, 2.45) is 17.6 Å². The smallest absolute Gasteiger partial charge is 0.406 e. The molecule has 4 N–H and O–H groups in total. The molecule has 0 bridgehead atoms. The van der Waals surface area contributed by atoms with E-state index in [4.69, 9.17) is 26.8 Å². The number of rotatable bonds is 10. The van der Waals surface area contributed by atoms with Crippen molar-refractivity contribution in [1.29, 1.82) is 0 Å². The van der Waals surface area contributed by atoms with Gasteiger partial charge in [-0.1, -0.05) is 24.1 Å². The third-order valence-corrected chi connectivity index (χ3v) is 7.47. The summed E-state index contributed by atoms with van der Waals surface area (Å²) in [5.41, 5.74) is 8.43. The first-order valence-electron chi connectivity index (χ1n) is 13.4. The normalized spacial score (nSPS) is 22.0. The van der Waals surface area contributed by atoms with Crippen molar-refractivity contribution < 1.29 is 23.8 Å². The topological polar surface area (TPSA) is 115 Å². The molecule has 3 rings (SSSR count). The molecule has 0 radical (unpaired) electrons. The third-order valence-electron chi connectivity index (χ3n) is 7.23. The maximum Gasteiger partial charge on any atom is 0.406 e. The Labute approximate surface area is 225 Å². The summed E-state index contributed by atoms with van der Waals surface area (Å²) in [6.07, 6.45) is 5.32. The van der Waals surface area contributed by atoms with Gasteiger partial charge in [0.1, 0.15) is 0 Å². The van der Waals surface area contributed by atoms with Crippen LogP contribution in [0.1, 0.15) is 55.8 Å². The number of halogens is 1. The number of hydrogen-bond donors (Lipinski definition) is 3. The highest BCUT2D eigenvalue weighted by Gasteiger charge is 2.32. The Bertz CT molecular complexity index is 865. The second-order valence-electron chi connectivity index (χ2n) is 10.2. The molecule has 3 amide bonds. The number of nitrogens with one attached hydrogen (secondary N) is 2. The van der Waals surface area contributed by atoms with Gasteiger partial charge in [-0.3, -0.25) is 0 Å². The van der Waals surface area contributed by atoms with Crippen molar-refractivity contribution in [3.05, 3.63) is 34.3 Å². The summed E-state index contributed by atoms with van der Waals surface area (Å²) in [5.74, 6) is 0.549. The van der Waals surface area contributed by atoms with Crippen molar-refractivity contribution in [1.82, 2.24) is 15.5 Å². The molecule has 37 heavy (non-hydrogen) atoms. The minimum Gasteiger partial charge on any atom is -0.453 e. The van der Waals surface area contributed by atoms with Gasteiger partial charge in [0, 0.05) is 56.4 Å². The van der Waals surface area contributed by atoms with E-state index in [-0.39, 0.29) is 24.1 Å². The van der Waals surface area contributed by atoms with Crippen LogP contribution in [-0.2, 0) is 14.2 Å². The van der Waals surface area contributed by atoms with Crippen molar-refractivity contribution in [2.75, 3.05) is 53.1 Å². The van der Waals surface area contributed by atoms with E-state index >= 15 is 0 Å². The van der Waals surface area contributed by atoms with Gasteiger partial charge in [-0.2, -0.15) is 0 Å². The summed E-state index contributed by atoms with van der Waals surface area (Å²) in [5, 5.41) is 6.33. The van der Waals surface area contributed by atoms with Crippen molar-refractivity contribution in [2.45, 2.75) is 57.6 Å². The van der Waals surface area contributed by atoms with Gasteiger partial charge in [0.2, 0.25) is 0 Å². The fraction of sp³-hybridized carbons (Fsp3) is 0.704. The SMILES string of the molecule is COC(=O)NCCO[C@@H](c1cc(Cl)ccc1C)[C@@H]1CCCN(C(=O)NC[C@@H](N)C[C@H]2CCCCOC2)C1. The first-order valence-corrected chi connectivity index (χ1v) is 13.8. The molecule has 10 heteroatoms. The molecular weight excluding hydrogens is 496 g/mol. The second kappa shape index (κ2) is 15.4. The molecule has 0 unspecified atom stereocenters. The van der Waals surface area contributed by atoms with Gasteiger partial charge >= 0.3 is 12.1 Å². The fourth-order valence-corrected chi connectivity index (χ4v) is 5.43. The number of benzene rings is 1. The molecule has 1 aromatic rings. The lowest BCUT2D eigenvalue weighted by atomic mass is 9.86. The molecule has 0 aliphatic carbocycles. The number of amides is 3. The lowest BCUT2D eigenvalue weighted by Gasteiger charge is -2.37. The van der Waals surface area contributed by atoms with E-state index in [0.29, 0.717) is 43.7 Å². The molecule has 0 saturated carbocycles. The number of methoxy groups -OCH3 is 1. The maximum atomic E-state index is 13.1. The zero-order valence-corrected chi connectivity index (χ0v) is 22.9. The number of piperidine rings is 1. The zero-order chi connectivity index (χ0) is 26.6. The van der Waals surface area contributed by atoms with Crippen LogP contribution in [0.25, 0.3) is 0 Å². The standard InChI is InChI=1S/C27H43ClN4O5/c1-19-8-9-22(28)15-24(19)25(37-13-10-30-27(34)35-2)21-7-5-11-32(17-21)26(33)31-16-23(29)14-20-6-3-4-12-36-18-20/h8-9,15,20-21,23,25H,3-7,10-14,16-18,29H2,1-2H3,(H,30,34)(H,31,33)/t20-,21-,23+,25-/m1/s1. The van der Waals surface area contributed by atoms with Crippen LogP contribution in [0.2, 0.25) is 5.02 Å². The lowest BCUT2D eigenvalue weighted by molar-refractivity contribution is -0.00883. The lowest BCUT2D eigenvalue weighted by Crippen LogP contribution is -2.49.